The molecule has 0 unspecified atom stereocenters. The van der Waals surface area contributed by atoms with Gasteiger partial charge in [0.25, 0.3) is 0 Å². The quantitative estimate of drug-likeness (QED) is 0.869. The fraction of sp³-hybridized carbons (Fsp3) is 0.294. The molecule has 0 aliphatic heterocycles. The highest BCUT2D eigenvalue weighted by molar-refractivity contribution is 6.30. The van der Waals surface area contributed by atoms with E-state index >= 15 is 0 Å². The molecule has 4 heteroatoms. The Hall–Kier alpha value is -1.06. The van der Waals surface area contributed by atoms with E-state index in [0.717, 1.165) is 0 Å². The van der Waals surface area contributed by atoms with Crippen LogP contribution in [0.3, 0.4) is 0 Å². The fourth-order valence-corrected chi connectivity index (χ4v) is 2.90. The summed E-state index contributed by atoms with van der Waals surface area (Å²) in [5.74, 6) is 0. The van der Waals surface area contributed by atoms with E-state index in [1.807, 2.05) is 0 Å². The van der Waals surface area contributed by atoms with Crippen LogP contribution in [0, 0.1) is 0 Å². The molecule has 0 aliphatic rings. The molecule has 112 valence electrons. The lowest BCUT2D eigenvalue weighted by Crippen LogP contribution is -2.33. The monoisotopic (exact) mass is 324 g/mol. The third kappa shape index (κ3) is 3.98. The molecule has 2 N–H and O–H groups in total. The Kier molecular flexibility index (Phi) is 4.64. The smallest absolute Gasteiger partial charge is 0.0899 e. The lowest BCUT2D eigenvalue weighted by atomic mass is 9.81. The number of benzene rings is 2. The molecule has 0 fully saturated rings. The lowest BCUT2D eigenvalue weighted by Gasteiger charge is -2.33. The van der Waals surface area contributed by atoms with Crippen LogP contribution in [0.25, 0.3) is 0 Å². The number of hydrogen-bond acceptors (Lipinski definition) is 2. The van der Waals surface area contributed by atoms with Crippen LogP contribution in [0.2, 0.25) is 10.0 Å². The van der Waals surface area contributed by atoms with Gasteiger partial charge in [0.2, 0.25) is 0 Å². The summed E-state index contributed by atoms with van der Waals surface area (Å²) in [7, 11) is 0. The van der Waals surface area contributed by atoms with Crippen LogP contribution in [-0.4, -0.2) is 10.2 Å². The highest BCUT2D eigenvalue weighted by Gasteiger charge is 2.35. The second kappa shape index (κ2) is 5.98. The van der Waals surface area contributed by atoms with Crippen LogP contribution in [0.1, 0.15) is 31.4 Å². The molecule has 2 nitrogen and oxygen atoms in total. The molecule has 0 aliphatic carbocycles. The Morgan fingerprint density at radius 1 is 0.810 bits per heavy atom. The summed E-state index contributed by atoms with van der Waals surface area (Å²) in [6, 6.07) is 14.0. The summed E-state index contributed by atoms with van der Waals surface area (Å²) in [6.45, 7) is 3.33. The average molecular weight is 325 g/mol. The van der Waals surface area contributed by atoms with Gasteiger partial charge in [-0.2, -0.15) is 0 Å². The molecule has 0 saturated heterocycles. The van der Waals surface area contributed by atoms with Gasteiger partial charge in [-0.25, -0.2) is 0 Å². The van der Waals surface area contributed by atoms with Crippen LogP contribution in [0.4, 0.5) is 0 Å². The minimum absolute atomic E-state index is 0.126. The average Bonchev–Trinajstić information content (AvgIpc) is 2.37. The summed E-state index contributed by atoms with van der Waals surface area (Å²) in [5, 5.41) is 22.6. The Morgan fingerprint density at radius 2 is 1.19 bits per heavy atom. The van der Waals surface area contributed by atoms with Crippen molar-refractivity contribution in [2.75, 3.05) is 0 Å². The topological polar surface area (TPSA) is 40.5 Å². The van der Waals surface area contributed by atoms with Gasteiger partial charge >= 0.3 is 0 Å². The molecule has 0 spiro atoms. The molecule has 2 rings (SSSR count). The summed E-state index contributed by atoms with van der Waals surface area (Å²) in [4.78, 5) is 0. The first kappa shape index (κ1) is 16.3. The minimum Gasteiger partial charge on any atom is -0.385 e. The zero-order valence-electron chi connectivity index (χ0n) is 12.0. The van der Waals surface area contributed by atoms with E-state index in [4.69, 9.17) is 23.2 Å². The van der Waals surface area contributed by atoms with Crippen molar-refractivity contribution < 1.29 is 10.2 Å². The van der Waals surface area contributed by atoms with Crippen molar-refractivity contribution in [2.24, 2.45) is 0 Å². The number of halogens is 2. The molecule has 2 atom stereocenters. The second-order valence-electron chi connectivity index (χ2n) is 5.75. The highest BCUT2D eigenvalue weighted by atomic mass is 35.5. The lowest BCUT2D eigenvalue weighted by molar-refractivity contribution is -0.0525. The summed E-state index contributed by atoms with van der Waals surface area (Å²) in [6.07, 6.45) is 0.126. The molecule has 0 amide bonds. The predicted octanol–water partition coefficient (Wildman–Crippen LogP) is 4.50. The van der Waals surface area contributed by atoms with Crippen LogP contribution in [0.5, 0.6) is 0 Å². The number of aliphatic hydroxyl groups is 2. The molecule has 0 heterocycles. The molecule has 0 bridgehead atoms. The first-order valence-corrected chi connectivity index (χ1v) is 7.43. The number of hydrogen-bond donors (Lipinski definition) is 2. The SMILES string of the molecule is C[C@](O)(C[C@](C)(O)c1cccc(Cl)c1)c1cccc(Cl)c1. The third-order valence-electron chi connectivity index (χ3n) is 3.58. The summed E-state index contributed by atoms with van der Waals surface area (Å²) < 4.78 is 0. The predicted molar refractivity (Wildman–Crippen MR) is 86.7 cm³/mol. The fourth-order valence-electron chi connectivity index (χ4n) is 2.52. The standard InChI is InChI=1S/C17H18Cl2O2/c1-16(20,12-5-3-7-14(18)9-12)11-17(2,21)13-6-4-8-15(19)10-13/h3-10,20-21H,11H2,1-2H3/t16-,17-/m0/s1. The van der Waals surface area contributed by atoms with E-state index < -0.39 is 11.2 Å². The van der Waals surface area contributed by atoms with Gasteiger partial charge in [0.05, 0.1) is 11.2 Å². The zero-order valence-corrected chi connectivity index (χ0v) is 13.5. The first-order valence-electron chi connectivity index (χ1n) is 6.68. The van der Waals surface area contributed by atoms with E-state index in [0.29, 0.717) is 21.2 Å². The third-order valence-corrected chi connectivity index (χ3v) is 4.05. The normalized spacial score (nSPS) is 17.0. The van der Waals surface area contributed by atoms with Gasteiger partial charge in [0.1, 0.15) is 0 Å². The van der Waals surface area contributed by atoms with E-state index in [1.165, 1.54) is 0 Å². The Morgan fingerprint density at radius 3 is 1.52 bits per heavy atom. The molecule has 0 aromatic heterocycles. The molecular weight excluding hydrogens is 307 g/mol. The van der Waals surface area contributed by atoms with Crippen LogP contribution in [-0.2, 0) is 11.2 Å². The van der Waals surface area contributed by atoms with E-state index in [2.05, 4.69) is 0 Å². The Labute approximate surface area is 135 Å². The minimum atomic E-state index is -1.21. The highest BCUT2D eigenvalue weighted by Crippen LogP contribution is 2.37. The van der Waals surface area contributed by atoms with Crippen LogP contribution in [0.15, 0.2) is 48.5 Å². The van der Waals surface area contributed by atoms with Crippen molar-refractivity contribution in [1.82, 2.24) is 0 Å². The molecule has 2 aromatic carbocycles. The largest absolute Gasteiger partial charge is 0.385 e. The second-order valence-corrected chi connectivity index (χ2v) is 6.62. The van der Waals surface area contributed by atoms with Crippen LogP contribution < -0.4 is 0 Å². The van der Waals surface area contributed by atoms with Crippen molar-refractivity contribution in [2.45, 2.75) is 31.5 Å². The van der Waals surface area contributed by atoms with E-state index in [-0.39, 0.29) is 6.42 Å². The molecule has 0 saturated carbocycles. The van der Waals surface area contributed by atoms with E-state index in [9.17, 15) is 10.2 Å². The van der Waals surface area contributed by atoms with Gasteiger partial charge < -0.3 is 10.2 Å². The first-order chi connectivity index (χ1) is 9.71. The van der Waals surface area contributed by atoms with Gasteiger partial charge in [0, 0.05) is 16.5 Å². The zero-order chi connectivity index (χ0) is 15.7. The van der Waals surface area contributed by atoms with Gasteiger partial charge in [-0.15, -0.1) is 0 Å². The molecule has 0 radical (unpaired) electrons. The van der Waals surface area contributed by atoms with Gasteiger partial charge in [0.15, 0.2) is 0 Å². The summed E-state index contributed by atoms with van der Waals surface area (Å²) in [5.41, 5.74) is -1.09. The van der Waals surface area contributed by atoms with Gasteiger partial charge in [-0.3, -0.25) is 0 Å². The number of rotatable bonds is 4. The Bertz CT molecular complexity index is 581. The molecule has 21 heavy (non-hydrogen) atoms. The maximum atomic E-state index is 10.7. The van der Waals surface area contributed by atoms with Gasteiger partial charge in [-0.05, 0) is 49.2 Å². The molecular formula is C17H18Cl2O2. The van der Waals surface area contributed by atoms with Crippen molar-refractivity contribution in [1.29, 1.82) is 0 Å². The van der Waals surface area contributed by atoms with Crippen molar-refractivity contribution in [3.63, 3.8) is 0 Å². The van der Waals surface area contributed by atoms with Crippen molar-refractivity contribution >= 4 is 23.2 Å². The molecule has 2 aromatic rings. The Balaban J connectivity index is 2.30. The van der Waals surface area contributed by atoms with Crippen molar-refractivity contribution in [3.05, 3.63) is 69.7 Å². The maximum absolute atomic E-state index is 10.7. The van der Waals surface area contributed by atoms with Crippen LogP contribution >= 0.6 is 23.2 Å². The van der Waals surface area contributed by atoms with Gasteiger partial charge in [-0.1, -0.05) is 47.5 Å². The maximum Gasteiger partial charge on any atom is 0.0899 e. The van der Waals surface area contributed by atoms with E-state index in [1.54, 1.807) is 62.4 Å². The van der Waals surface area contributed by atoms with Crippen molar-refractivity contribution in [3.8, 4) is 0 Å². The summed E-state index contributed by atoms with van der Waals surface area (Å²) >= 11 is 11.9.